The molecule has 0 bridgehead atoms. The lowest BCUT2D eigenvalue weighted by atomic mass is 9.93. The van der Waals surface area contributed by atoms with Crippen LogP contribution < -0.4 is 0 Å². The maximum Gasteiger partial charge on any atom is 0.0897 e. The van der Waals surface area contributed by atoms with Gasteiger partial charge in [-0.05, 0) is 38.8 Å². The van der Waals surface area contributed by atoms with E-state index in [0.29, 0.717) is 5.92 Å². The van der Waals surface area contributed by atoms with Crippen LogP contribution >= 0.6 is 11.3 Å². The van der Waals surface area contributed by atoms with Crippen LogP contribution in [0.5, 0.6) is 0 Å². The van der Waals surface area contributed by atoms with E-state index in [-0.39, 0.29) is 0 Å². The molecule has 0 aliphatic carbocycles. The Morgan fingerprint density at radius 1 is 1.47 bits per heavy atom. The Hall–Kier alpha value is -1.20. The molecule has 0 unspecified atom stereocenters. The van der Waals surface area contributed by atoms with Gasteiger partial charge in [-0.2, -0.15) is 5.10 Å². The van der Waals surface area contributed by atoms with Gasteiger partial charge in [0.05, 0.1) is 16.9 Å². The minimum atomic E-state index is 0.594. The molecule has 1 aliphatic rings. The zero-order valence-electron chi connectivity index (χ0n) is 11.5. The van der Waals surface area contributed by atoms with E-state index in [1.54, 1.807) is 11.3 Å². The molecule has 19 heavy (non-hydrogen) atoms. The zero-order chi connectivity index (χ0) is 13.2. The molecule has 1 fully saturated rings. The second-order valence-electron chi connectivity index (χ2n) is 5.40. The highest BCUT2D eigenvalue weighted by molar-refractivity contribution is 7.09. The molecule has 4 nitrogen and oxygen atoms in total. The molecule has 5 heteroatoms. The largest absolute Gasteiger partial charge is 0.297 e. The summed E-state index contributed by atoms with van der Waals surface area (Å²) in [5, 5.41) is 10.7. The number of nitrogens with one attached hydrogen (secondary N) is 1. The van der Waals surface area contributed by atoms with E-state index >= 15 is 0 Å². The van der Waals surface area contributed by atoms with E-state index in [2.05, 4.69) is 39.3 Å². The summed E-state index contributed by atoms with van der Waals surface area (Å²) in [7, 11) is 0. The van der Waals surface area contributed by atoms with Crippen molar-refractivity contribution in [1.29, 1.82) is 0 Å². The average molecular weight is 276 g/mol. The van der Waals surface area contributed by atoms with E-state index in [0.717, 1.165) is 18.1 Å². The monoisotopic (exact) mass is 276 g/mol. The molecule has 0 saturated carbocycles. The topological polar surface area (TPSA) is 44.8 Å². The average Bonchev–Trinajstić information content (AvgIpc) is 2.99. The number of rotatable bonds is 3. The highest BCUT2D eigenvalue weighted by Gasteiger charge is 2.24. The molecule has 3 heterocycles. The van der Waals surface area contributed by atoms with Gasteiger partial charge in [-0.25, -0.2) is 4.98 Å². The van der Waals surface area contributed by atoms with E-state index in [4.69, 9.17) is 0 Å². The molecule has 2 aromatic rings. The van der Waals surface area contributed by atoms with Crippen LogP contribution in [0.4, 0.5) is 0 Å². The molecule has 0 radical (unpaired) electrons. The Kier molecular flexibility index (Phi) is 3.66. The molecule has 0 aromatic carbocycles. The number of likely N-dealkylation sites (tertiary alicyclic amines) is 1. The molecular weight excluding hydrogens is 256 g/mol. The number of thiazole rings is 1. The van der Waals surface area contributed by atoms with Gasteiger partial charge < -0.3 is 0 Å². The van der Waals surface area contributed by atoms with Crippen molar-refractivity contribution in [2.24, 2.45) is 0 Å². The smallest absolute Gasteiger partial charge is 0.0897 e. The number of piperidine rings is 1. The number of aromatic amines is 1. The van der Waals surface area contributed by atoms with Crippen molar-refractivity contribution in [3.05, 3.63) is 33.5 Å². The van der Waals surface area contributed by atoms with Crippen molar-refractivity contribution in [3.63, 3.8) is 0 Å². The fourth-order valence-electron chi connectivity index (χ4n) is 2.91. The first-order chi connectivity index (χ1) is 9.22. The lowest BCUT2D eigenvalue weighted by molar-refractivity contribution is 0.196. The summed E-state index contributed by atoms with van der Waals surface area (Å²) in [5.41, 5.74) is 3.82. The van der Waals surface area contributed by atoms with Crippen molar-refractivity contribution < 1.29 is 0 Å². The molecule has 1 N–H and O–H groups in total. The number of hydrogen-bond acceptors (Lipinski definition) is 4. The minimum absolute atomic E-state index is 0.594. The summed E-state index contributed by atoms with van der Waals surface area (Å²) >= 11 is 1.74. The Labute approximate surface area is 117 Å². The van der Waals surface area contributed by atoms with Gasteiger partial charge >= 0.3 is 0 Å². The Morgan fingerprint density at radius 3 is 3.05 bits per heavy atom. The van der Waals surface area contributed by atoms with Gasteiger partial charge in [0.15, 0.2) is 0 Å². The van der Waals surface area contributed by atoms with E-state index in [9.17, 15) is 0 Å². The summed E-state index contributed by atoms with van der Waals surface area (Å²) in [6.07, 6.45) is 4.44. The van der Waals surface area contributed by atoms with Gasteiger partial charge in [0.2, 0.25) is 0 Å². The van der Waals surface area contributed by atoms with Gasteiger partial charge in [0.25, 0.3) is 0 Å². The maximum absolute atomic E-state index is 4.57. The van der Waals surface area contributed by atoms with Crippen LogP contribution in [0.1, 0.15) is 40.7 Å². The lowest BCUT2D eigenvalue weighted by Crippen LogP contribution is -2.34. The van der Waals surface area contributed by atoms with Crippen molar-refractivity contribution in [1.82, 2.24) is 20.1 Å². The number of hydrogen-bond donors (Lipinski definition) is 1. The fraction of sp³-hybridized carbons (Fsp3) is 0.571. The molecule has 3 rings (SSSR count). The quantitative estimate of drug-likeness (QED) is 0.937. The van der Waals surface area contributed by atoms with Crippen molar-refractivity contribution in [2.45, 2.75) is 39.2 Å². The van der Waals surface area contributed by atoms with Crippen LogP contribution in [0.15, 0.2) is 11.6 Å². The van der Waals surface area contributed by atoms with Gasteiger partial charge in [-0.3, -0.25) is 10.00 Å². The third kappa shape index (κ3) is 2.87. The molecule has 2 aromatic heterocycles. The summed E-state index contributed by atoms with van der Waals surface area (Å²) < 4.78 is 0. The Morgan fingerprint density at radius 2 is 2.37 bits per heavy atom. The SMILES string of the molecule is Cc1nc(CN2CCC[C@@H](c3[nH]ncc3C)C2)cs1. The number of H-pyrrole nitrogens is 1. The first-order valence-electron chi connectivity index (χ1n) is 6.85. The van der Waals surface area contributed by atoms with E-state index in [1.807, 2.05) is 6.20 Å². The lowest BCUT2D eigenvalue weighted by Gasteiger charge is -2.32. The molecule has 0 spiro atoms. The van der Waals surface area contributed by atoms with Crippen molar-refractivity contribution in [2.75, 3.05) is 13.1 Å². The van der Waals surface area contributed by atoms with Crippen LogP contribution in [0, 0.1) is 13.8 Å². The van der Waals surface area contributed by atoms with Crippen LogP contribution in [0.2, 0.25) is 0 Å². The van der Waals surface area contributed by atoms with E-state index < -0.39 is 0 Å². The molecule has 1 saturated heterocycles. The fourth-order valence-corrected chi connectivity index (χ4v) is 3.52. The zero-order valence-corrected chi connectivity index (χ0v) is 12.3. The molecule has 0 amide bonds. The van der Waals surface area contributed by atoms with Gasteiger partial charge in [0, 0.05) is 30.1 Å². The molecular formula is C14H20N4S. The van der Waals surface area contributed by atoms with Crippen molar-refractivity contribution in [3.8, 4) is 0 Å². The highest BCUT2D eigenvalue weighted by Crippen LogP contribution is 2.28. The van der Waals surface area contributed by atoms with Crippen LogP contribution in [-0.4, -0.2) is 33.2 Å². The number of nitrogens with zero attached hydrogens (tertiary/aromatic N) is 3. The minimum Gasteiger partial charge on any atom is -0.297 e. The second kappa shape index (κ2) is 5.43. The predicted molar refractivity (Wildman–Crippen MR) is 77.4 cm³/mol. The van der Waals surface area contributed by atoms with Crippen LogP contribution in [0.3, 0.4) is 0 Å². The predicted octanol–water partition coefficient (Wildman–Crippen LogP) is 2.86. The first-order valence-corrected chi connectivity index (χ1v) is 7.73. The first kappa shape index (κ1) is 12.8. The summed E-state index contributed by atoms with van der Waals surface area (Å²) in [5.74, 6) is 0.594. The maximum atomic E-state index is 4.57. The van der Waals surface area contributed by atoms with E-state index in [1.165, 1.54) is 36.3 Å². The third-order valence-electron chi connectivity index (χ3n) is 3.83. The van der Waals surface area contributed by atoms with Gasteiger partial charge in [-0.15, -0.1) is 11.3 Å². The summed E-state index contributed by atoms with van der Waals surface area (Å²) in [6.45, 7) is 7.48. The Balaban J connectivity index is 1.66. The van der Waals surface area contributed by atoms with Crippen LogP contribution in [-0.2, 0) is 6.54 Å². The highest BCUT2D eigenvalue weighted by atomic mass is 32.1. The molecule has 1 atom stereocenters. The number of aryl methyl sites for hydroxylation is 2. The summed E-state index contributed by atoms with van der Waals surface area (Å²) in [4.78, 5) is 7.08. The number of aromatic nitrogens is 3. The standard InChI is InChI=1S/C14H20N4S/c1-10-6-15-17-14(10)12-4-3-5-18(7-12)8-13-9-19-11(2)16-13/h6,9,12H,3-5,7-8H2,1-2H3,(H,15,17)/t12-/m1/s1. The third-order valence-corrected chi connectivity index (χ3v) is 4.66. The Bertz CT molecular complexity index is 545. The normalized spacial score (nSPS) is 20.8. The van der Waals surface area contributed by atoms with Gasteiger partial charge in [0.1, 0.15) is 0 Å². The second-order valence-corrected chi connectivity index (χ2v) is 6.46. The molecule has 102 valence electrons. The van der Waals surface area contributed by atoms with Gasteiger partial charge in [-0.1, -0.05) is 0 Å². The van der Waals surface area contributed by atoms with Crippen LogP contribution in [0.25, 0.3) is 0 Å². The molecule has 1 aliphatic heterocycles. The summed E-state index contributed by atoms with van der Waals surface area (Å²) in [6, 6.07) is 0. The van der Waals surface area contributed by atoms with Crippen molar-refractivity contribution >= 4 is 11.3 Å².